The molecule has 1 unspecified atom stereocenters. The summed E-state index contributed by atoms with van der Waals surface area (Å²) in [4.78, 5) is 11.1. The number of nitrogens with two attached hydrogens (primary N) is 1. The molecule has 0 amide bonds. The van der Waals surface area contributed by atoms with Crippen molar-refractivity contribution in [1.29, 1.82) is 0 Å². The van der Waals surface area contributed by atoms with Crippen molar-refractivity contribution in [2.75, 3.05) is 0 Å². The molecule has 88 valence electrons. The van der Waals surface area contributed by atoms with Crippen LogP contribution in [-0.4, -0.2) is 21.9 Å². The van der Waals surface area contributed by atoms with E-state index in [0.29, 0.717) is 0 Å². The van der Waals surface area contributed by atoms with Crippen molar-refractivity contribution in [3.8, 4) is 5.75 Å². The van der Waals surface area contributed by atoms with E-state index in [4.69, 9.17) is 10.8 Å². The molecule has 4 nitrogen and oxygen atoms in total. The highest BCUT2D eigenvalue weighted by Gasteiger charge is 2.50. The largest absolute Gasteiger partial charge is 0.508 e. The molecule has 0 aliphatic heterocycles. The fourth-order valence-electron chi connectivity index (χ4n) is 1.47. The zero-order valence-electron chi connectivity index (χ0n) is 9.07. The van der Waals surface area contributed by atoms with Gasteiger partial charge < -0.3 is 15.9 Å². The molecule has 1 aromatic rings. The summed E-state index contributed by atoms with van der Waals surface area (Å²) >= 11 is 0. The van der Waals surface area contributed by atoms with E-state index in [9.17, 15) is 14.3 Å². The number of aromatic hydroxyl groups is 1. The van der Waals surface area contributed by atoms with Crippen molar-refractivity contribution in [2.45, 2.75) is 25.1 Å². The van der Waals surface area contributed by atoms with E-state index in [1.165, 1.54) is 18.2 Å². The lowest BCUT2D eigenvalue weighted by molar-refractivity contribution is -0.149. The molecule has 0 radical (unpaired) electrons. The highest BCUT2D eigenvalue weighted by atomic mass is 19.1. The van der Waals surface area contributed by atoms with E-state index in [1.807, 2.05) is 0 Å². The van der Waals surface area contributed by atoms with Gasteiger partial charge in [-0.15, -0.1) is 0 Å². The fraction of sp³-hybridized carbons (Fsp3) is 0.364. The first kappa shape index (κ1) is 12.4. The Kier molecular flexibility index (Phi) is 2.92. The van der Waals surface area contributed by atoms with Gasteiger partial charge in [0.1, 0.15) is 11.4 Å². The third kappa shape index (κ3) is 1.86. The van der Waals surface area contributed by atoms with Gasteiger partial charge in [0.25, 0.3) is 0 Å². The first-order valence-corrected chi connectivity index (χ1v) is 4.70. The smallest absolute Gasteiger partial charge is 0.331 e. The molecule has 0 aromatic heterocycles. The SMILES string of the molecule is CC(C)(F)C(N)(C(=O)O)c1cccc(O)c1. The maximum atomic E-state index is 13.9. The van der Waals surface area contributed by atoms with E-state index in [1.54, 1.807) is 0 Å². The van der Waals surface area contributed by atoms with Crippen LogP contribution < -0.4 is 5.73 Å². The summed E-state index contributed by atoms with van der Waals surface area (Å²) in [6.07, 6.45) is 0. The lowest BCUT2D eigenvalue weighted by Crippen LogP contribution is -2.57. The van der Waals surface area contributed by atoms with E-state index in [2.05, 4.69) is 0 Å². The molecule has 0 spiro atoms. The normalized spacial score (nSPS) is 15.5. The second-order valence-corrected chi connectivity index (χ2v) is 4.14. The number of hydrogen-bond acceptors (Lipinski definition) is 3. The molecular weight excluding hydrogens is 213 g/mol. The van der Waals surface area contributed by atoms with Crippen molar-refractivity contribution in [1.82, 2.24) is 0 Å². The van der Waals surface area contributed by atoms with Gasteiger partial charge in [-0.3, -0.25) is 0 Å². The standard InChI is InChI=1S/C11H14FNO3/c1-10(2,12)11(13,9(15)16)7-4-3-5-8(14)6-7/h3-6,14H,13H2,1-2H3,(H,15,16). The van der Waals surface area contributed by atoms with Gasteiger partial charge in [0, 0.05) is 0 Å². The van der Waals surface area contributed by atoms with Crippen LogP contribution in [0.1, 0.15) is 19.4 Å². The Morgan fingerprint density at radius 2 is 2.00 bits per heavy atom. The van der Waals surface area contributed by atoms with Crippen LogP contribution in [0.3, 0.4) is 0 Å². The molecule has 5 heteroatoms. The van der Waals surface area contributed by atoms with E-state index in [-0.39, 0.29) is 11.3 Å². The lowest BCUT2D eigenvalue weighted by Gasteiger charge is -2.34. The molecule has 4 N–H and O–H groups in total. The number of carboxylic acid groups (broad SMARTS) is 1. The summed E-state index contributed by atoms with van der Waals surface area (Å²) in [7, 11) is 0. The van der Waals surface area contributed by atoms with Gasteiger partial charge in [0.15, 0.2) is 5.54 Å². The molecular formula is C11H14FNO3. The van der Waals surface area contributed by atoms with Crippen LogP contribution >= 0.6 is 0 Å². The second kappa shape index (κ2) is 3.75. The van der Waals surface area contributed by atoms with Crippen molar-refractivity contribution < 1.29 is 19.4 Å². The molecule has 0 saturated carbocycles. The Bertz CT molecular complexity index is 414. The summed E-state index contributed by atoms with van der Waals surface area (Å²) in [5.74, 6) is -1.64. The quantitative estimate of drug-likeness (QED) is 0.728. The Hall–Kier alpha value is -1.62. The Morgan fingerprint density at radius 1 is 1.44 bits per heavy atom. The van der Waals surface area contributed by atoms with E-state index in [0.717, 1.165) is 19.9 Å². The summed E-state index contributed by atoms with van der Waals surface area (Å²) in [6, 6.07) is 5.29. The number of rotatable bonds is 3. The molecule has 0 heterocycles. The van der Waals surface area contributed by atoms with Gasteiger partial charge in [0.05, 0.1) is 0 Å². The van der Waals surface area contributed by atoms with Crippen molar-refractivity contribution >= 4 is 5.97 Å². The molecule has 0 fully saturated rings. The topological polar surface area (TPSA) is 83.6 Å². The lowest BCUT2D eigenvalue weighted by atomic mass is 9.78. The zero-order chi connectivity index (χ0) is 12.6. The van der Waals surface area contributed by atoms with Crippen LogP contribution in [0.5, 0.6) is 5.75 Å². The first-order chi connectivity index (χ1) is 7.19. The Morgan fingerprint density at radius 3 is 2.38 bits per heavy atom. The molecule has 0 aliphatic rings. The molecule has 1 aromatic carbocycles. The van der Waals surface area contributed by atoms with Gasteiger partial charge in [-0.25, -0.2) is 9.18 Å². The first-order valence-electron chi connectivity index (χ1n) is 4.70. The minimum absolute atomic E-state index is 0.0208. The zero-order valence-corrected chi connectivity index (χ0v) is 9.07. The fourth-order valence-corrected chi connectivity index (χ4v) is 1.47. The monoisotopic (exact) mass is 227 g/mol. The number of phenolic OH excluding ortho intramolecular Hbond substituents is 1. The number of hydrogen-bond donors (Lipinski definition) is 3. The van der Waals surface area contributed by atoms with Gasteiger partial charge in [-0.1, -0.05) is 12.1 Å². The van der Waals surface area contributed by atoms with Crippen LogP contribution in [0.25, 0.3) is 0 Å². The van der Waals surface area contributed by atoms with Crippen molar-refractivity contribution in [2.24, 2.45) is 5.73 Å². The third-order valence-electron chi connectivity index (χ3n) is 2.58. The summed E-state index contributed by atoms with van der Waals surface area (Å²) in [6.45, 7) is 2.18. The van der Waals surface area contributed by atoms with Gasteiger partial charge >= 0.3 is 5.97 Å². The molecule has 1 rings (SSSR count). The molecule has 16 heavy (non-hydrogen) atoms. The maximum Gasteiger partial charge on any atom is 0.331 e. The number of aliphatic carboxylic acids is 1. The molecule has 1 atom stereocenters. The number of halogens is 1. The third-order valence-corrected chi connectivity index (χ3v) is 2.58. The van der Waals surface area contributed by atoms with E-state index >= 15 is 0 Å². The number of alkyl halides is 1. The van der Waals surface area contributed by atoms with E-state index < -0.39 is 17.2 Å². The molecule has 0 bridgehead atoms. The molecule has 0 aliphatic carbocycles. The van der Waals surface area contributed by atoms with Crippen LogP contribution in [-0.2, 0) is 10.3 Å². The van der Waals surface area contributed by atoms with Gasteiger partial charge in [-0.2, -0.15) is 0 Å². The minimum atomic E-state index is -2.19. The average molecular weight is 227 g/mol. The highest BCUT2D eigenvalue weighted by molar-refractivity contribution is 5.82. The Balaban J connectivity index is 3.39. The highest BCUT2D eigenvalue weighted by Crippen LogP contribution is 2.35. The predicted molar refractivity (Wildman–Crippen MR) is 56.8 cm³/mol. The average Bonchev–Trinajstić information content (AvgIpc) is 2.14. The number of phenols is 1. The number of benzene rings is 1. The van der Waals surface area contributed by atoms with Crippen LogP contribution in [0, 0.1) is 0 Å². The van der Waals surface area contributed by atoms with Gasteiger partial charge in [-0.05, 0) is 31.5 Å². The minimum Gasteiger partial charge on any atom is -0.508 e. The van der Waals surface area contributed by atoms with Crippen LogP contribution in [0.2, 0.25) is 0 Å². The predicted octanol–water partition coefficient (Wildman–Crippen LogP) is 1.38. The maximum absolute atomic E-state index is 13.9. The molecule has 0 saturated heterocycles. The number of carboxylic acids is 1. The Labute approximate surface area is 92.5 Å². The van der Waals surface area contributed by atoms with Gasteiger partial charge in [0.2, 0.25) is 0 Å². The van der Waals surface area contributed by atoms with Crippen molar-refractivity contribution in [3.05, 3.63) is 29.8 Å². The summed E-state index contributed by atoms with van der Waals surface area (Å²) in [5.41, 5.74) is 1.29. The van der Waals surface area contributed by atoms with Crippen molar-refractivity contribution in [3.63, 3.8) is 0 Å². The summed E-state index contributed by atoms with van der Waals surface area (Å²) in [5, 5.41) is 18.3. The number of carbonyl (C=O) groups is 1. The van der Waals surface area contributed by atoms with Crippen LogP contribution in [0.4, 0.5) is 4.39 Å². The summed E-state index contributed by atoms with van der Waals surface area (Å²) < 4.78 is 13.9. The second-order valence-electron chi connectivity index (χ2n) is 4.14. The van der Waals surface area contributed by atoms with Crippen LogP contribution in [0.15, 0.2) is 24.3 Å².